The van der Waals surface area contributed by atoms with E-state index in [1.165, 1.54) is 31.2 Å². The number of rotatable bonds is 7. The first-order chi connectivity index (χ1) is 13.7. The van der Waals surface area contributed by atoms with Gasteiger partial charge in [0, 0.05) is 59.5 Å². The Morgan fingerprint density at radius 2 is 1.96 bits per heavy atom. The number of guanidine groups is 1. The Bertz CT molecular complexity index is 600. The van der Waals surface area contributed by atoms with Gasteiger partial charge in [0.05, 0.1) is 0 Å². The second-order valence-electron chi connectivity index (χ2n) is 8.56. The molecular weight excluding hydrogens is 348 g/mol. The average molecular weight is 387 g/mol. The normalized spacial score (nSPS) is 24.5. The Labute approximate surface area is 171 Å². The largest absolute Gasteiger partial charge is 0.381 e. The fourth-order valence-corrected chi connectivity index (χ4v) is 4.54. The first kappa shape index (κ1) is 21.1. The average Bonchev–Trinajstić information content (AvgIpc) is 3.07. The lowest BCUT2D eigenvalue weighted by molar-refractivity contribution is 0.0625. The third-order valence-corrected chi connectivity index (χ3v) is 6.35. The summed E-state index contributed by atoms with van der Waals surface area (Å²) >= 11 is 0. The van der Waals surface area contributed by atoms with Crippen LogP contribution in [0.4, 0.5) is 0 Å². The van der Waals surface area contributed by atoms with Gasteiger partial charge in [0.25, 0.3) is 0 Å². The van der Waals surface area contributed by atoms with Crippen molar-refractivity contribution in [3.05, 3.63) is 35.9 Å². The number of nitrogens with one attached hydrogen (secondary N) is 1. The minimum absolute atomic E-state index is 0.639. The van der Waals surface area contributed by atoms with Crippen LogP contribution in [0.5, 0.6) is 0 Å². The molecule has 0 bridgehead atoms. The Balaban J connectivity index is 1.40. The van der Waals surface area contributed by atoms with E-state index in [4.69, 9.17) is 4.74 Å². The molecule has 1 aromatic carbocycles. The zero-order chi connectivity index (χ0) is 19.8. The maximum atomic E-state index is 5.47. The second kappa shape index (κ2) is 10.8. The first-order valence-electron chi connectivity index (χ1n) is 10.9. The highest BCUT2D eigenvalue weighted by molar-refractivity contribution is 5.79. The van der Waals surface area contributed by atoms with Gasteiger partial charge in [-0.05, 0) is 50.0 Å². The Morgan fingerprint density at radius 3 is 2.68 bits per heavy atom. The van der Waals surface area contributed by atoms with Gasteiger partial charge in [-0.1, -0.05) is 30.3 Å². The molecule has 5 heteroatoms. The van der Waals surface area contributed by atoms with Gasteiger partial charge in [0.15, 0.2) is 5.96 Å². The summed E-state index contributed by atoms with van der Waals surface area (Å²) in [5, 5.41) is 3.63. The molecule has 2 unspecified atom stereocenters. The van der Waals surface area contributed by atoms with E-state index in [9.17, 15) is 0 Å². The van der Waals surface area contributed by atoms with Crippen LogP contribution in [0.15, 0.2) is 35.3 Å². The minimum Gasteiger partial charge on any atom is -0.381 e. The molecule has 0 saturated carbocycles. The maximum absolute atomic E-state index is 5.47. The highest BCUT2D eigenvalue weighted by Gasteiger charge is 2.29. The van der Waals surface area contributed by atoms with Gasteiger partial charge in [-0.3, -0.25) is 9.89 Å². The van der Waals surface area contributed by atoms with E-state index in [0.29, 0.717) is 12.0 Å². The Morgan fingerprint density at radius 1 is 1.21 bits per heavy atom. The molecule has 0 spiro atoms. The number of likely N-dealkylation sites (tertiary alicyclic amines) is 1. The molecule has 0 radical (unpaired) electrons. The maximum Gasteiger partial charge on any atom is 0.193 e. The fourth-order valence-electron chi connectivity index (χ4n) is 4.54. The van der Waals surface area contributed by atoms with E-state index in [1.54, 1.807) is 0 Å². The van der Waals surface area contributed by atoms with E-state index >= 15 is 0 Å². The Kier molecular flexibility index (Phi) is 8.16. The van der Waals surface area contributed by atoms with Gasteiger partial charge in [-0.2, -0.15) is 0 Å². The van der Waals surface area contributed by atoms with E-state index < -0.39 is 0 Å². The summed E-state index contributed by atoms with van der Waals surface area (Å²) in [5.74, 6) is 2.51. The van der Waals surface area contributed by atoms with Crippen LogP contribution in [0.25, 0.3) is 0 Å². The monoisotopic (exact) mass is 386 g/mol. The van der Waals surface area contributed by atoms with Crippen LogP contribution < -0.4 is 5.32 Å². The molecule has 2 atom stereocenters. The summed E-state index contributed by atoms with van der Waals surface area (Å²) < 4.78 is 5.47. The third kappa shape index (κ3) is 6.21. The van der Waals surface area contributed by atoms with Crippen molar-refractivity contribution in [3.63, 3.8) is 0 Å². The van der Waals surface area contributed by atoms with E-state index in [0.717, 1.165) is 51.3 Å². The van der Waals surface area contributed by atoms with Gasteiger partial charge in [0.1, 0.15) is 0 Å². The molecule has 3 rings (SSSR count). The van der Waals surface area contributed by atoms with Crippen LogP contribution >= 0.6 is 0 Å². The standard InChI is InChI=1S/C23H38N4O/c1-19-15-22(18-27(19)17-21-7-5-4-6-8-21)16-25-23(24-2)26(3)12-9-20-10-13-28-14-11-20/h4-8,19-20,22H,9-18H2,1-3H3,(H,24,25). The summed E-state index contributed by atoms with van der Waals surface area (Å²) in [6.07, 6.45) is 4.89. The molecule has 5 nitrogen and oxygen atoms in total. The molecule has 0 amide bonds. The smallest absolute Gasteiger partial charge is 0.193 e. The van der Waals surface area contributed by atoms with Crippen molar-refractivity contribution in [2.24, 2.45) is 16.8 Å². The predicted molar refractivity (Wildman–Crippen MR) is 117 cm³/mol. The SMILES string of the molecule is CN=C(NCC1CC(C)N(Cc2ccccc2)C1)N(C)CCC1CCOCC1. The van der Waals surface area contributed by atoms with E-state index in [-0.39, 0.29) is 0 Å². The Hall–Kier alpha value is -1.59. The third-order valence-electron chi connectivity index (χ3n) is 6.35. The molecule has 28 heavy (non-hydrogen) atoms. The number of benzene rings is 1. The summed E-state index contributed by atoms with van der Waals surface area (Å²) in [4.78, 5) is 9.41. The van der Waals surface area contributed by atoms with Crippen molar-refractivity contribution >= 4 is 5.96 Å². The number of nitrogens with zero attached hydrogens (tertiary/aromatic N) is 3. The molecular formula is C23H38N4O. The summed E-state index contributed by atoms with van der Waals surface area (Å²) in [7, 11) is 4.06. The van der Waals surface area contributed by atoms with Crippen LogP contribution in [0.3, 0.4) is 0 Å². The lowest BCUT2D eigenvalue weighted by Crippen LogP contribution is -2.42. The van der Waals surface area contributed by atoms with Crippen molar-refractivity contribution in [2.75, 3.05) is 46.9 Å². The van der Waals surface area contributed by atoms with Crippen molar-refractivity contribution in [3.8, 4) is 0 Å². The van der Waals surface area contributed by atoms with Gasteiger partial charge in [-0.25, -0.2) is 0 Å². The molecule has 1 aromatic rings. The van der Waals surface area contributed by atoms with Gasteiger partial charge >= 0.3 is 0 Å². The lowest BCUT2D eigenvalue weighted by atomic mass is 9.96. The van der Waals surface area contributed by atoms with Crippen LogP contribution in [0, 0.1) is 11.8 Å². The van der Waals surface area contributed by atoms with Crippen molar-refractivity contribution in [2.45, 2.75) is 45.2 Å². The van der Waals surface area contributed by atoms with E-state index in [2.05, 4.69) is 64.4 Å². The minimum atomic E-state index is 0.639. The molecule has 2 saturated heterocycles. The number of hydrogen-bond acceptors (Lipinski definition) is 3. The van der Waals surface area contributed by atoms with Gasteiger partial charge in [0.2, 0.25) is 0 Å². The quantitative estimate of drug-likeness (QED) is 0.577. The van der Waals surface area contributed by atoms with Crippen LogP contribution in [0.1, 0.15) is 38.2 Å². The molecule has 2 aliphatic rings. The van der Waals surface area contributed by atoms with Crippen molar-refractivity contribution in [1.29, 1.82) is 0 Å². The predicted octanol–water partition coefficient (Wildman–Crippen LogP) is 3.22. The summed E-state index contributed by atoms with van der Waals surface area (Å²) in [6, 6.07) is 11.5. The summed E-state index contributed by atoms with van der Waals surface area (Å²) in [6.45, 7) is 8.50. The first-order valence-corrected chi connectivity index (χ1v) is 10.9. The molecule has 0 aliphatic carbocycles. The lowest BCUT2D eigenvalue weighted by Gasteiger charge is -2.27. The highest BCUT2D eigenvalue weighted by atomic mass is 16.5. The number of hydrogen-bond donors (Lipinski definition) is 1. The zero-order valence-electron chi connectivity index (χ0n) is 17.9. The second-order valence-corrected chi connectivity index (χ2v) is 8.56. The molecule has 0 aromatic heterocycles. The van der Waals surface area contributed by atoms with Crippen LogP contribution in [-0.2, 0) is 11.3 Å². The molecule has 2 heterocycles. The molecule has 156 valence electrons. The summed E-state index contributed by atoms with van der Waals surface area (Å²) in [5.41, 5.74) is 1.41. The van der Waals surface area contributed by atoms with Crippen LogP contribution in [0.2, 0.25) is 0 Å². The van der Waals surface area contributed by atoms with Crippen LogP contribution in [-0.4, -0.2) is 68.7 Å². The fraction of sp³-hybridized carbons (Fsp3) is 0.696. The van der Waals surface area contributed by atoms with Gasteiger partial charge < -0.3 is 15.0 Å². The van der Waals surface area contributed by atoms with Crippen molar-refractivity contribution < 1.29 is 4.74 Å². The van der Waals surface area contributed by atoms with E-state index in [1.807, 2.05) is 7.05 Å². The molecule has 2 aliphatic heterocycles. The van der Waals surface area contributed by atoms with Crippen molar-refractivity contribution in [1.82, 2.24) is 15.1 Å². The topological polar surface area (TPSA) is 40.1 Å². The molecule has 2 fully saturated rings. The zero-order valence-corrected chi connectivity index (χ0v) is 17.9. The van der Waals surface area contributed by atoms with Gasteiger partial charge in [-0.15, -0.1) is 0 Å². The number of aliphatic imine (C=N–C) groups is 1. The number of ether oxygens (including phenoxy) is 1. The highest BCUT2D eigenvalue weighted by Crippen LogP contribution is 2.24. The molecule has 1 N–H and O–H groups in total.